The summed E-state index contributed by atoms with van der Waals surface area (Å²) in [4.78, 5) is 24.5. The molecule has 0 unspecified atom stereocenters. The van der Waals surface area contributed by atoms with E-state index in [1.165, 1.54) is 4.68 Å². The summed E-state index contributed by atoms with van der Waals surface area (Å²) in [7, 11) is 0. The van der Waals surface area contributed by atoms with Gasteiger partial charge in [0.1, 0.15) is 10.7 Å². The lowest BCUT2D eigenvalue weighted by atomic mass is 10.1. The monoisotopic (exact) mass is 402 g/mol. The Morgan fingerprint density at radius 2 is 1.70 bits per heavy atom. The Kier molecular flexibility index (Phi) is 5.94. The van der Waals surface area contributed by atoms with Crippen LogP contribution >= 0.6 is 23.2 Å². The van der Waals surface area contributed by atoms with Gasteiger partial charge in [0, 0.05) is 10.6 Å². The Hall–Kier alpha value is -2.63. The summed E-state index contributed by atoms with van der Waals surface area (Å²) in [6.45, 7) is 1.71. The van der Waals surface area contributed by atoms with Gasteiger partial charge in [0.05, 0.1) is 12.2 Å². The number of hydrogen-bond donors (Lipinski definition) is 0. The molecule has 0 fully saturated rings. The predicted molar refractivity (Wildman–Crippen MR) is 104 cm³/mol. The maximum absolute atomic E-state index is 12.4. The second kappa shape index (κ2) is 8.37. The van der Waals surface area contributed by atoms with Gasteiger partial charge in [-0.3, -0.25) is 4.79 Å². The Balaban J connectivity index is 1.69. The van der Waals surface area contributed by atoms with Gasteiger partial charge in [-0.15, -0.1) is 0 Å². The first-order chi connectivity index (χ1) is 13.0. The van der Waals surface area contributed by atoms with Gasteiger partial charge in [-0.25, -0.2) is 9.48 Å². The quantitative estimate of drug-likeness (QED) is 0.446. The Labute approximate surface area is 166 Å². The first-order valence-electron chi connectivity index (χ1n) is 8.18. The number of rotatable bonds is 6. The van der Waals surface area contributed by atoms with Crippen LogP contribution in [0.5, 0.6) is 0 Å². The molecule has 0 spiro atoms. The highest BCUT2D eigenvalue weighted by Gasteiger charge is 2.22. The molecule has 0 aliphatic heterocycles. The fourth-order valence-corrected chi connectivity index (χ4v) is 3.01. The van der Waals surface area contributed by atoms with E-state index in [1.807, 2.05) is 30.3 Å². The Morgan fingerprint density at radius 3 is 2.37 bits per heavy atom. The largest absolute Gasteiger partial charge is 0.454 e. The molecule has 0 amide bonds. The second-order valence-electron chi connectivity index (χ2n) is 5.90. The number of ether oxygens (including phenoxy) is 1. The third-order valence-corrected chi connectivity index (χ3v) is 4.58. The van der Waals surface area contributed by atoms with Gasteiger partial charge in [0.2, 0.25) is 0 Å². The minimum absolute atomic E-state index is 0.163. The molecule has 0 saturated heterocycles. The first-order valence-corrected chi connectivity index (χ1v) is 8.94. The molecular formula is C20H16Cl2N2O3. The number of esters is 1. The molecule has 5 nitrogen and oxygen atoms in total. The molecule has 7 heteroatoms. The van der Waals surface area contributed by atoms with Crippen molar-refractivity contribution in [2.75, 3.05) is 6.61 Å². The summed E-state index contributed by atoms with van der Waals surface area (Å²) in [5, 5.41) is 5.01. The molecule has 0 aliphatic carbocycles. The number of Topliss-reactive ketones (excluding diaryl/α,β-unsaturated/α-hetero) is 1. The topological polar surface area (TPSA) is 61.2 Å². The summed E-state index contributed by atoms with van der Waals surface area (Å²) in [5.74, 6) is -1.01. The van der Waals surface area contributed by atoms with Crippen LogP contribution in [0.15, 0.2) is 54.6 Å². The lowest BCUT2D eigenvalue weighted by molar-refractivity contribution is 0.0474. The molecule has 0 atom stereocenters. The van der Waals surface area contributed by atoms with Crippen LogP contribution in [0.3, 0.4) is 0 Å². The predicted octanol–water partition coefficient (Wildman–Crippen LogP) is 4.59. The molecule has 0 radical (unpaired) electrons. The number of aryl methyl sites for hydroxylation is 1. The molecule has 3 aromatic rings. The number of carbonyl (C=O) groups is 2. The van der Waals surface area contributed by atoms with E-state index < -0.39 is 5.97 Å². The van der Waals surface area contributed by atoms with Gasteiger partial charge in [0.15, 0.2) is 12.4 Å². The van der Waals surface area contributed by atoms with Gasteiger partial charge < -0.3 is 4.74 Å². The normalized spacial score (nSPS) is 10.6. The van der Waals surface area contributed by atoms with Crippen molar-refractivity contribution in [2.24, 2.45) is 0 Å². The van der Waals surface area contributed by atoms with Crippen molar-refractivity contribution >= 4 is 35.0 Å². The third kappa shape index (κ3) is 4.56. The molecule has 0 bridgehead atoms. The van der Waals surface area contributed by atoms with E-state index in [9.17, 15) is 9.59 Å². The van der Waals surface area contributed by atoms with Gasteiger partial charge >= 0.3 is 5.97 Å². The van der Waals surface area contributed by atoms with Crippen molar-refractivity contribution in [2.45, 2.75) is 13.5 Å². The summed E-state index contributed by atoms with van der Waals surface area (Å²) in [6.07, 6.45) is 0. The van der Waals surface area contributed by atoms with E-state index in [-0.39, 0.29) is 23.1 Å². The van der Waals surface area contributed by atoms with Crippen molar-refractivity contribution in [3.8, 4) is 0 Å². The number of halogens is 2. The number of ketones is 1. The molecule has 138 valence electrons. The zero-order valence-corrected chi connectivity index (χ0v) is 16.0. The molecule has 1 aromatic heterocycles. The molecule has 0 saturated carbocycles. The van der Waals surface area contributed by atoms with Crippen LogP contribution in [0.2, 0.25) is 10.2 Å². The van der Waals surface area contributed by atoms with E-state index in [4.69, 9.17) is 27.9 Å². The summed E-state index contributed by atoms with van der Waals surface area (Å²) < 4.78 is 6.67. The van der Waals surface area contributed by atoms with Crippen LogP contribution in [-0.2, 0) is 11.3 Å². The van der Waals surface area contributed by atoms with Gasteiger partial charge in [-0.2, -0.15) is 5.10 Å². The minimum atomic E-state index is -0.681. The average Bonchev–Trinajstić information content (AvgIpc) is 2.94. The van der Waals surface area contributed by atoms with E-state index in [0.29, 0.717) is 22.8 Å². The molecule has 1 heterocycles. The molecule has 27 heavy (non-hydrogen) atoms. The zero-order chi connectivity index (χ0) is 19.4. The standard InChI is InChI=1S/C20H16Cl2N2O3/c1-13-18(19(22)24(23-13)11-14-5-3-2-4-6-14)20(26)27-12-17(25)15-7-9-16(21)10-8-15/h2-10H,11-12H2,1H3. The lowest BCUT2D eigenvalue weighted by Gasteiger charge is -2.05. The Morgan fingerprint density at radius 1 is 1.04 bits per heavy atom. The Bertz CT molecular complexity index is 967. The number of aromatic nitrogens is 2. The van der Waals surface area contributed by atoms with E-state index >= 15 is 0 Å². The van der Waals surface area contributed by atoms with E-state index in [0.717, 1.165) is 5.56 Å². The molecule has 0 aliphatic rings. The van der Waals surface area contributed by atoms with Crippen molar-refractivity contribution < 1.29 is 14.3 Å². The van der Waals surface area contributed by atoms with Crippen molar-refractivity contribution in [1.29, 1.82) is 0 Å². The summed E-state index contributed by atoms with van der Waals surface area (Å²) in [6, 6.07) is 16.0. The van der Waals surface area contributed by atoms with Crippen LogP contribution < -0.4 is 0 Å². The van der Waals surface area contributed by atoms with Crippen molar-refractivity contribution in [3.05, 3.63) is 87.2 Å². The van der Waals surface area contributed by atoms with E-state index in [1.54, 1.807) is 31.2 Å². The van der Waals surface area contributed by atoms with Crippen LogP contribution in [0, 0.1) is 6.92 Å². The number of hydrogen-bond acceptors (Lipinski definition) is 4. The molecule has 2 aromatic carbocycles. The zero-order valence-electron chi connectivity index (χ0n) is 14.5. The highest BCUT2D eigenvalue weighted by molar-refractivity contribution is 6.32. The lowest BCUT2D eigenvalue weighted by Crippen LogP contribution is -2.15. The van der Waals surface area contributed by atoms with Gasteiger partial charge in [0.25, 0.3) is 0 Å². The highest BCUT2D eigenvalue weighted by Crippen LogP contribution is 2.22. The maximum atomic E-state index is 12.4. The highest BCUT2D eigenvalue weighted by atomic mass is 35.5. The van der Waals surface area contributed by atoms with Crippen LogP contribution in [0.4, 0.5) is 0 Å². The van der Waals surface area contributed by atoms with Crippen LogP contribution in [0.1, 0.15) is 32.0 Å². The van der Waals surface area contributed by atoms with Gasteiger partial charge in [-0.1, -0.05) is 53.5 Å². The van der Waals surface area contributed by atoms with Crippen molar-refractivity contribution in [3.63, 3.8) is 0 Å². The van der Waals surface area contributed by atoms with Crippen LogP contribution in [0.25, 0.3) is 0 Å². The summed E-state index contributed by atoms with van der Waals surface area (Å²) in [5.41, 5.74) is 2.02. The first kappa shape index (κ1) is 19.1. The SMILES string of the molecule is Cc1nn(Cc2ccccc2)c(Cl)c1C(=O)OCC(=O)c1ccc(Cl)cc1. The minimum Gasteiger partial charge on any atom is -0.454 e. The smallest absolute Gasteiger partial charge is 0.343 e. The number of benzene rings is 2. The second-order valence-corrected chi connectivity index (χ2v) is 6.70. The number of nitrogens with zero attached hydrogens (tertiary/aromatic N) is 2. The molecular weight excluding hydrogens is 387 g/mol. The van der Waals surface area contributed by atoms with E-state index in [2.05, 4.69) is 5.10 Å². The van der Waals surface area contributed by atoms with Gasteiger partial charge in [-0.05, 0) is 36.8 Å². The summed E-state index contributed by atoms with van der Waals surface area (Å²) >= 11 is 12.1. The van der Waals surface area contributed by atoms with Crippen LogP contribution in [-0.4, -0.2) is 28.1 Å². The fraction of sp³-hybridized carbons (Fsp3) is 0.150. The fourth-order valence-electron chi connectivity index (χ4n) is 2.57. The average molecular weight is 403 g/mol. The maximum Gasteiger partial charge on any atom is 0.343 e. The number of carbonyl (C=O) groups excluding carboxylic acids is 2. The molecule has 3 rings (SSSR count). The molecule has 0 N–H and O–H groups in total. The third-order valence-electron chi connectivity index (χ3n) is 3.95. The van der Waals surface area contributed by atoms with Crippen molar-refractivity contribution in [1.82, 2.24) is 9.78 Å².